The van der Waals surface area contributed by atoms with Crippen molar-refractivity contribution in [3.63, 3.8) is 0 Å². The van der Waals surface area contributed by atoms with Crippen molar-refractivity contribution >= 4 is 22.4 Å². The van der Waals surface area contributed by atoms with Gasteiger partial charge in [-0.1, -0.05) is 18.6 Å². The zero-order valence-corrected chi connectivity index (χ0v) is 11.9. The van der Waals surface area contributed by atoms with Crippen molar-refractivity contribution in [2.45, 2.75) is 20.3 Å². The van der Waals surface area contributed by atoms with Crippen LogP contribution >= 0.6 is 0 Å². The summed E-state index contributed by atoms with van der Waals surface area (Å²) in [5.41, 5.74) is 10.3. The number of rotatable bonds is 3. The molecule has 0 spiro atoms. The molecule has 0 saturated heterocycles. The van der Waals surface area contributed by atoms with Crippen LogP contribution < -0.4 is 5.73 Å². The summed E-state index contributed by atoms with van der Waals surface area (Å²) < 4.78 is 1.80. The first-order chi connectivity index (χ1) is 9.06. The number of nitrogens with two attached hydrogens (primary N) is 1. The van der Waals surface area contributed by atoms with Gasteiger partial charge in [0.05, 0.1) is 11.2 Å². The van der Waals surface area contributed by atoms with Gasteiger partial charge in [-0.3, -0.25) is 9.67 Å². The minimum absolute atomic E-state index is 0.561. The number of aromatic nitrogens is 2. The Morgan fingerprint density at radius 2 is 2.21 bits per heavy atom. The number of nitrogen functional groups attached to an aromatic ring is 1. The van der Waals surface area contributed by atoms with Gasteiger partial charge in [-0.05, 0) is 31.6 Å². The standard InChI is InChI=1S/C15H20N4/c1-5-10(2)8-13(17-3)11-6-7-14-12(9-11)15(16)18-19(14)4/h6-9H,5H2,1-4H3,(H2,16,18)/b10-8-,17-13?. The van der Waals surface area contributed by atoms with E-state index < -0.39 is 0 Å². The monoisotopic (exact) mass is 256 g/mol. The van der Waals surface area contributed by atoms with Crippen LogP contribution in [0.15, 0.2) is 34.8 Å². The van der Waals surface area contributed by atoms with Crippen LogP contribution in [0.2, 0.25) is 0 Å². The molecule has 0 fully saturated rings. The van der Waals surface area contributed by atoms with Crippen molar-refractivity contribution in [1.82, 2.24) is 9.78 Å². The smallest absolute Gasteiger partial charge is 0.153 e. The first-order valence-corrected chi connectivity index (χ1v) is 6.43. The summed E-state index contributed by atoms with van der Waals surface area (Å²) in [5, 5.41) is 5.21. The van der Waals surface area contributed by atoms with Gasteiger partial charge in [-0.2, -0.15) is 5.10 Å². The van der Waals surface area contributed by atoms with E-state index in [1.807, 2.05) is 20.2 Å². The maximum Gasteiger partial charge on any atom is 0.153 e. The molecule has 0 bridgehead atoms. The van der Waals surface area contributed by atoms with Crippen molar-refractivity contribution < 1.29 is 0 Å². The van der Waals surface area contributed by atoms with Crippen LogP contribution in [0.3, 0.4) is 0 Å². The van der Waals surface area contributed by atoms with E-state index in [2.05, 4.69) is 42.1 Å². The van der Waals surface area contributed by atoms with Gasteiger partial charge in [0.2, 0.25) is 0 Å². The summed E-state index contributed by atoms with van der Waals surface area (Å²) in [6, 6.07) is 6.15. The third-order valence-corrected chi connectivity index (χ3v) is 3.36. The molecule has 1 aromatic carbocycles. The Morgan fingerprint density at radius 3 is 2.84 bits per heavy atom. The summed E-state index contributed by atoms with van der Waals surface area (Å²) in [6.07, 6.45) is 3.14. The summed E-state index contributed by atoms with van der Waals surface area (Å²) in [7, 11) is 3.71. The predicted octanol–water partition coefficient (Wildman–Crippen LogP) is 2.93. The van der Waals surface area contributed by atoms with Crippen LogP contribution in [-0.2, 0) is 7.05 Å². The Bertz CT molecular complexity index is 662. The lowest BCUT2D eigenvalue weighted by molar-refractivity contribution is 0.802. The molecule has 0 aliphatic rings. The molecule has 2 aromatic rings. The second-order valence-electron chi connectivity index (χ2n) is 4.69. The molecule has 100 valence electrons. The fourth-order valence-corrected chi connectivity index (χ4v) is 2.06. The van der Waals surface area contributed by atoms with Crippen molar-refractivity contribution in [2.24, 2.45) is 12.0 Å². The lowest BCUT2D eigenvalue weighted by Gasteiger charge is -2.04. The molecule has 1 heterocycles. The Kier molecular flexibility index (Phi) is 3.69. The van der Waals surface area contributed by atoms with E-state index in [1.165, 1.54) is 5.57 Å². The number of nitrogens with zero attached hydrogens (tertiary/aromatic N) is 3. The van der Waals surface area contributed by atoms with Crippen molar-refractivity contribution in [2.75, 3.05) is 12.8 Å². The van der Waals surface area contributed by atoms with E-state index in [-0.39, 0.29) is 0 Å². The van der Waals surface area contributed by atoms with Crippen molar-refractivity contribution in [1.29, 1.82) is 0 Å². The quantitative estimate of drug-likeness (QED) is 0.858. The molecule has 2 N–H and O–H groups in total. The van der Waals surface area contributed by atoms with E-state index in [0.29, 0.717) is 5.82 Å². The van der Waals surface area contributed by atoms with Crippen molar-refractivity contribution in [3.8, 4) is 0 Å². The topological polar surface area (TPSA) is 56.2 Å². The van der Waals surface area contributed by atoms with E-state index in [9.17, 15) is 0 Å². The number of aliphatic imine (C=N–C) groups is 1. The van der Waals surface area contributed by atoms with Gasteiger partial charge in [0, 0.05) is 25.0 Å². The van der Waals surface area contributed by atoms with Gasteiger partial charge in [-0.15, -0.1) is 0 Å². The van der Waals surface area contributed by atoms with Crippen LogP contribution in [0.4, 0.5) is 5.82 Å². The third-order valence-electron chi connectivity index (χ3n) is 3.36. The Morgan fingerprint density at radius 1 is 1.47 bits per heavy atom. The molecule has 0 amide bonds. The van der Waals surface area contributed by atoms with Crippen LogP contribution in [0.1, 0.15) is 25.8 Å². The zero-order chi connectivity index (χ0) is 14.0. The van der Waals surface area contributed by atoms with Gasteiger partial charge in [-0.25, -0.2) is 0 Å². The highest BCUT2D eigenvalue weighted by molar-refractivity contribution is 6.11. The fourth-order valence-electron chi connectivity index (χ4n) is 2.06. The first kappa shape index (κ1) is 13.3. The second kappa shape index (κ2) is 5.26. The van der Waals surface area contributed by atoms with E-state index in [0.717, 1.165) is 28.6 Å². The Hall–Kier alpha value is -2.10. The molecule has 0 radical (unpaired) electrons. The maximum absolute atomic E-state index is 5.93. The van der Waals surface area contributed by atoms with Crippen LogP contribution in [0.5, 0.6) is 0 Å². The number of hydrogen-bond acceptors (Lipinski definition) is 3. The Labute approximate surface area is 113 Å². The first-order valence-electron chi connectivity index (χ1n) is 6.43. The molecule has 0 aliphatic heterocycles. The van der Waals surface area contributed by atoms with Gasteiger partial charge in [0.25, 0.3) is 0 Å². The molecule has 0 aliphatic carbocycles. The molecule has 2 rings (SSSR count). The predicted molar refractivity (Wildman–Crippen MR) is 81.6 cm³/mol. The highest BCUT2D eigenvalue weighted by Crippen LogP contribution is 2.22. The lowest BCUT2D eigenvalue weighted by Crippen LogP contribution is -1.98. The highest BCUT2D eigenvalue weighted by Gasteiger charge is 2.08. The molecular weight excluding hydrogens is 236 g/mol. The molecule has 0 atom stereocenters. The summed E-state index contributed by atoms with van der Waals surface area (Å²) in [6.45, 7) is 4.25. The normalized spacial score (nSPS) is 13.3. The van der Waals surface area contributed by atoms with E-state index in [4.69, 9.17) is 5.73 Å². The molecule has 4 nitrogen and oxygen atoms in total. The van der Waals surface area contributed by atoms with Gasteiger partial charge >= 0.3 is 0 Å². The number of fused-ring (bicyclic) bond motifs is 1. The number of aryl methyl sites for hydroxylation is 1. The Balaban J connectivity index is 2.54. The average molecular weight is 256 g/mol. The highest BCUT2D eigenvalue weighted by atomic mass is 15.3. The van der Waals surface area contributed by atoms with Gasteiger partial charge in [0.1, 0.15) is 0 Å². The van der Waals surface area contributed by atoms with Crippen molar-refractivity contribution in [3.05, 3.63) is 35.4 Å². The van der Waals surface area contributed by atoms with Crippen LogP contribution in [0, 0.1) is 0 Å². The molecular formula is C15H20N4. The molecule has 4 heteroatoms. The third kappa shape index (κ3) is 2.52. The molecule has 0 unspecified atom stereocenters. The van der Waals surface area contributed by atoms with Gasteiger partial charge in [0.15, 0.2) is 5.82 Å². The molecule has 1 aromatic heterocycles. The average Bonchev–Trinajstić information content (AvgIpc) is 2.70. The van der Waals surface area contributed by atoms with Gasteiger partial charge < -0.3 is 5.73 Å². The number of hydrogen-bond donors (Lipinski definition) is 1. The molecule has 0 saturated carbocycles. The number of anilines is 1. The fraction of sp³-hybridized carbons (Fsp3) is 0.333. The second-order valence-corrected chi connectivity index (χ2v) is 4.69. The summed E-state index contributed by atoms with van der Waals surface area (Å²) in [4.78, 5) is 4.36. The number of allylic oxidation sites excluding steroid dienone is 2. The largest absolute Gasteiger partial charge is 0.382 e. The SMILES string of the molecule is CC/C(C)=C\C(=NC)c1ccc2c(c1)c(N)nn2C. The summed E-state index contributed by atoms with van der Waals surface area (Å²) >= 11 is 0. The minimum atomic E-state index is 0.561. The minimum Gasteiger partial charge on any atom is -0.382 e. The number of benzene rings is 1. The summed E-state index contributed by atoms with van der Waals surface area (Å²) in [5.74, 6) is 0.561. The maximum atomic E-state index is 5.93. The van der Waals surface area contributed by atoms with Crippen LogP contribution in [0.25, 0.3) is 10.9 Å². The lowest BCUT2D eigenvalue weighted by atomic mass is 10.0. The van der Waals surface area contributed by atoms with E-state index in [1.54, 1.807) is 4.68 Å². The van der Waals surface area contributed by atoms with Crippen LogP contribution in [-0.4, -0.2) is 22.5 Å². The zero-order valence-electron chi connectivity index (χ0n) is 11.9. The molecule has 19 heavy (non-hydrogen) atoms. The van der Waals surface area contributed by atoms with E-state index >= 15 is 0 Å².